The van der Waals surface area contributed by atoms with E-state index in [-0.39, 0.29) is 24.0 Å². The molecule has 0 aliphatic carbocycles. The van der Waals surface area contributed by atoms with Crippen LogP contribution in [0.15, 0.2) is 57.8 Å². The first-order valence-electron chi connectivity index (χ1n) is 7.56. The van der Waals surface area contributed by atoms with E-state index in [1.165, 1.54) is 24.3 Å². The Hall–Kier alpha value is -3.20. The molecule has 0 aliphatic heterocycles. The largest absolute Gasteiger partial charge is 0.403 e. The number of non-ortho nitro benzene ring substituents is 1. The Morgan fingerprint density at radius 1 is 1.15 bits per heavy atom. The molecule has 8 nitrogen and oxygen atoms in total. The van der Waals surface area contributed by atoms with Crippen LogP contribution in [0.25, 0.3) is 11.5 Å². The van der Waals surface area contributed by atoms with Gasteiger partial charge < -0.3 is 4.42 Å². The normalized spacial score (nSPS) is 10.5. The minimum atomic E-state index is -0.491. The zero-order valence-electron chi connectivity index (χ0n) is 13.7. The number of hydrogen-bond donors (Lipinski definition) is 1. The molecule has 0 saturated heterocycles. The monoisotopic (exact) mass is 370 g/mol. The first kappa shape index (κ1) is 17.6. The van der Waals surface area contributed by atoms with Gasteiger partial charge in [-0.2, -0.15) is 0 Å². The van der Waals surface area contributed by atoms with E-state index in [9.17, 15) is 14.9 Å². The maximum atomic E-state index is 12.1. The van der Waals surface area contributed by atoms with Gasteiger partial charge in [0.25, 0.3) is 5.69 Å². The predicted octanol–water partition coefficient (Wildman–Crippen LogP) is 3.55. The number of rotatable bonds is 6. The Morgan fingerprint density at radius 3 is 2.46 bits per heavy atom. The molecule has 26 heavy (non-hydrogen) atoms. The Labute approximate surface area is 152 Å². The van der Waals surface area contributed by atoms with Crippen molar-refractivity contribution in [1.29, 1.82) is 0 Å². The topological polar surface area (TPSA) is 111 Å². The van der Waals surface area contributed by atoms with Crippen LogP contribution in [0.2, 0.25) is 0 Å². The highest BCUT2D eigenvalue weighted by Gasteiger charge is 2.12. The second-order valence-corrected chi connectivity index (χ2v) is 6.17. The lowest BCUT2D eigenvalue weighted by Crippen LogP contribution is -2.14. The van der Waals surface area contributed by atoms with Gasteiger partial charge in [0.1, 0.15) is 0 Å². The molecule has 2 aromatic carbocycles. The van der Waals surface area contributed by atoms with E-state index in [2.05, 4.69) is 15.5 Å². The number of amides is 1. The lowest BCUT2D eigenvalue weighted by Gasteiger charge is -2.01. The van der Waals surface area contributed by atoms with Crippen molar-refractivity contribution in [2.75, 3.05) is 11.6 Å². The quantitative estimate of drug-likeness (QED) is 0.401. The summed E-state index contributed by atoms with van der Waals surface area (Å²) >= 11 is 1.63. The van der Waals surface area contributed by atoms with Crippen molar-refractivity contribution in [2.24, 2.45) is 0 Å². The number of nitro benzene ring substituents is 1. The Bertz CT molecular complexity index is 923. The minimum Gasteiger partial charge on any atom is -0.403 e. The predicted molar refractivity (Wildman–Crippen MR) is 96.9 cm³/mol. The van der Waals surface area contributed by atoms with Gasteiger partial charge in [-0.3, -0.25) is 20.2 Å². The highest BCUT2D eigenvalue weighted by atomic mass is 32.2. The smallest absolute Gasteiger partial charge is 0.322 e. The van der Waals surface area contributed by atoms with Gasteiger partial charge in [0, 0.05) is 22.6 Å². The molecule has 1 heterocycles. The summed E-state index contributed by atoms with van der Waals surface area (Å²) in [5.41, 5.74) is 1.37. The molecule has 0 unspecified atom stereocenters. The summed E-state index contributed by atoms with van der Waals surface area (Å²) in [6, 6.07) is 13.4. The fourth-order valence-electron chi connectivity index (χ4n) is 2.21. The number of carbonyl (C=O) groups excluding carboxylic acids is 1. The van der Waals surface area contributed by atoms with Crippen molar-refractivity contribution in [3.05, 3.63) is 64.2 Å². The minimum absolute atomic E-state index is 0.000791. The third-order valence-electron chi connectivity index (χ3n) is 3.52. The van der Waals surface area contributed by atoms with Crippen molar-refractivity contribution in [2.45, 2.75) is 11.3 Å². The van der Waals surface area contributed by atoms with Crippen LogP contribution >= 0.6 is 11.8 Å². The Balaban J connectivity index is 1.62. The average Bonchev–Trinajstić information content (AvgIpc) is 3.10. The molecule has 1 aromatic heterocycles. The molecule has 0 spiro atoms. The summed E-state index contributed by atoms with van der Waals surface area (Å²) in [7, 11) is 0. The number of nitrogens with one attached hydrogen (secondary N) is 1. The summed E-state index contributed by atoms with van der Waals surface area (Å²) < 4.78 is 5.45. The third-order valence-corrected chi connectivity index (χ3v) is 4.26. The SMILES string of the molecule is CSc1ccc(-c2nnc(NC(=O)Cc3ccc([N+](=O)[O-])cc3)o2)cc1. The maximum absolute atomic E-state index is 12.1. The van der Waals surface area contributed by atoms with Gasteiger partial charge in [0.2, 0.25) is 11.8 Å². The Kier molecular flexibility index (Phi) is 5.28. The van der Waals surface area contributed by atoms with Gasteiger partial charge in [-0.1, -0.05) is 17.2 Å². The number of aromatic nitrogens is 2. The van der Waals surface area contributed by atoms with Crippen LogP contribution in [-0.4, -0.2) is 27.3 Å². The van der Waals surface area contributed by atoms with E-state index < -0.39 is 4.92 Å². The van der Waals surface area contributed by atoms with E-state index >= 15 is 0 Å². The standard InChI is InChI=1S/C17H14N4O4S/c1-26-14-8-4-12(5-9-14)16-19-20-17(25-16)18-15(22)10-11-2-6-13(7-3-11)21(23)24/h2-9H,10H2,1H3,(H,18,20,22). The molecular weight excluding hydrogens is 356 g/mol. The lowest BCUT2D eigenvalue weighted by molar-refractivity contribution is -0.384. The number of nitro groups is 1. The molecule has 0 aliphatic rings. The number of nitrogens with zero attached hydrogens (tertiary/aromatic N) is 3. The zero-order chi connectivity index (χ0) is 18.5. The van der Waals surface area contributed by atoms with Crippen molar-refractivity contribution < 1.29 is 14.1 Å². The van der Waals surface area contributed by atoms with E-state index in [0.717, 1.165) is 10.5 Å². The summed E-state index contributed by atoms with van der Waals surface area (Å²) in [6.45, 7) is 0. The number of thioether (sulfide) groups is 1. The second-order valence-electron chi connectivity index (χ2n) is 5.29. The summed E-state index contributed by atoms with van der Waals surface area (Å²) in [6.07, 6.45) is 2.03. The van der Waals surface area contributed by atoms with Crippen molar-refractivity contribution in [3.63, 3.8) is 0 Å². The average molecular weight is 370 g/mol. The van der Waals surface area contributed by atoms with Crippen LogP contribution < -0.4 is 5.32 Å². The molecule has 0 atom stereocenters. The van der Waals surface area contributed by atoms with E-state index in [1.807, 2.05) is 30.5 Å². The molecule has 0 radical (unpaired) electrons. The van der Waals surface area contributed by atoms with Crippen LogP contribution in [0.5, 0.6) is 0 Å². The fraction of sp³-hybridized carbons (Fsp3) is 0.118. The first-order valence-corrected chi connectivity index (χ1v) is 8.79. The van der Waals surface area contributed by atoms with Gasteiger partial charge in [0.05, 0.1) is 11.3 Å². The fourth-order valence-corrected chi connectivity index (χ4v) is 2.62. The summed E-state index contributed by atoms with van der Waals surface area (Å²) in [4.78, 5) is 23.3. The number of anilines is 1. The van der Waals surface area contributed by atoms with Crippen LogP contribution in [0.4, 0.5) is 11.7 Å². The van der Waals surface area contributed by atoms with Crippen molar-refractivity contribution >= 4 is 29.4 Å². The number of carbonyl (C=O) groups is 1. The lowest BCUT2D eigenvalue weighted by atomic mass is 10.1. The van der Waals surface area contributed by atoms with Crippen molar-refractivity contribution in [3.8, 4) is 11.5 Å². The molecule has 3 rings (SSSR count). The van der Waals surface area contributed by atoms with Gasteiger partial charge in [-0.25, -0.2) is 0 Å². The molecule has 1 N–H and O–H groups in total. The van der Waals surface area contributed by atoms with Crippen LogP contribution in [0, 0.1) is 10.1 Å². The molecule has 9 heteroatoms. The number of benzene rings is 2. The van der Waals surface area contributed by atoms with Gasteiger partial charge in [0.15, 0.2) is 0 Å². The van der Waals surface area contributed by atoms with Crippen LogP contribution in [0.3, 0.4) is 0 Å². The summed E-state index contributed by atoms with van der Waals surface area (Å²) in [5, 5.41) is 20.9. The number of hydrogen-bond acceptors (Lipinski definition) is 7. The molecule has 0 bridgehead atoms. The first-order chi connectivity index (χ1) is 12.5. The van der Waals surface area contributed by atoms with Gasteiger partial charge in [-0.15, -0.1) is 16.9 Å². The maximum Gasteiger partial charge on any atom is 0.322 e. The molecule has 3 aromatic rings. The molecular formula is C17H14N4O4S. The van der Waals surface area contributed by atoms with E-state index in [0.29, 0.717) is 11.5 Å². The Morgan fingerprint density at radius 2 is 1.85 bits per heavy atom. The van der Waals surface area contributed by atoms with Crippen LogP contribution in [0.1, 0.15) is 5.56 Å². The zero-order valence-corrected chi connectivity index (χ0v) is 14.5. The van der Waals surface area contributed by atoms with Crippen LogP contribution in [-0.2, 0) is 11.2 Å². The third kappa shape index (κ3) is 4.25. The van der Waals surface area contributed by atoms with Gasteiger partial charge >= 0.3 is 6.01 Å². The summed E-state index contributed by atoms with van der Waals surface area (Å²) in [5.74, 6) is -0.0462. The van der Waals surface area contributed by atoms with Gasteiger partial charge in [-0.05, 0) is 36.1 Å². The van der Waals surface area contributed by atoms with E-state index in [1.54, 1.807) is 11.8 Å². The molecule has 0 fully saturated rings. The highest BCUT2D eigenvalue weighted by molar-refractivity contribution is 7.98. The molecule has 0 saturated carbocycles. The second kappa shape index (κ2) is 7.79. The van der Waals surface area contributed by atoms with E-state index in [4.69, 9.17) is 4.42 Å². The molecule has 1 amide bonds. The van der Waals surface area contributed by atoms with Crippen molar-refractivity contribution in [1.82, 2.24) is 10.2 Å². The highest BCUT2D eigenvalue weighted by Crippen LogP contribution is 2.23. The molecule has 132 valence electrons.